The van der Waals surface area contributed by atoms with Crippen molar-refractivity contribution in [2.75, 3.05) is 6.54 Å². The Hall–Kier alpha value is -3.67. The van der Waals surface area contributed by atoms with Gasteiger partial charge in [0.1, 0.15) is 12.1 Å². The van der Waals surface area contributed by atoms with Gasteiger partial charge < -0.3 is 10.6 Å². The van der Waals surface area contributed by atoms with Gasteiger partial charge in [-0.1, -0.05) is 93.4 Å². The molecule has 6 nitrogen and oxygen atoms in total. The van der Waals surface area contributed by atoms with E-state index in [4.69, 9.17) is 0 Å². The van der Waals surface area contributed by atoms with Gasteiger partial charge in [0.25, 0.3) is 5.91 Å². The Morgan fingerprint density at radius 3 is 2.26 bits per heavy atom. The lowest BCUT2D eigenvalue weighted by atomic mass is 9.88. The molecule has 6 heteroatoms. The number of amides is 4. The van der Waals surface area contributed by atoms with Gasteiger partial charge in [0.15, 0.2) is 0 Å². The molecule has 2 atom stereocenters. The first-order valence-electron chi connectivity index (χ1n) is 11.8. The summed E-state index contributed by atoms with van der Waals surface area (Å²) in [6.07, 6.45) is 1.80. The molecule has 1 fully saturated rings. The van der Waals surface area contributed by atoms with E-state index in [1.165, 1.54) is 0 Å². The average Bonchev–Trinajstić information content (AvgIpc) is 3.08. The fraction of sp³-hybridized carbons (Fsp3) is 0.321. The molecule has 2 N–H and O–H groups in total. The lowest BCUT2D eigenvalue weighted by Gasteiger charge is -2.28. The number of hydrogen-bond donors (Lipinski definition) is 2. The van der Waals surface area contributed by atoms with Crippen LogP contribution in [-0.4, -0.2) is 29.3 Å². The summed E-state index contributed by atoms with van der Waals surface area (Å²) in [6.45, 7) is 5.56. The second kappa shape index (κ2) is 9.67. The highest BCUT2D eigenvalue weighted by Crippen LogP contribution is 2.31. The van der Waals surface area contributed by atoms with Crippen molar-refractivity contribution in [3.05, 3.63) is 83.9 Å². The van der Waals surface area contributed by atoms with E-state index in [-0.39, 0.29) is 24.4 Å². The molecule has 1 heterocycles. The molecule has 3 aromatic rings. The van der Waals surface area contributed by atoms with Crippen LogP contribution < -0.4 is 10.6 Å². The van der Waals surface area contributed by atoms with Crippen molar-refractivity contribution >= 4 is 28.6 Å². The summed E-state index contributed by atoms with van der Waals surface area (Å²) in [5, 5.41) is 7.92. The standard InChI is InChI=1S/C28H31N3O3/c1-4-19(5-2)25(21-12-7-6-8-13-21)29-24(32)18-31-26(33)28(3,30-27(31)34)23-16-15-20-11-9-10-14-22(20)17-23/h6-17,19,25H,4-5,18H2,1-3H3,(H,29,32)(H,30,34). The molecule has 4 rings (SSSR count). The highest BCUT2D eigenvalue weighted by Gasteiger charge is 2.49. The van der Waals surface area contributed by atoms with Gasteiger partial charge in [0.2, 0.25) is 5.91 Å². The Morgan fingerprint density at radius 2 is 1.59 bits per heavy atom. The van der Waals surface area contributed by atoms with E-state index in [2.05, 4.69) is 24.5 Å². The minimum atomic E-state index is -1.23. The maximum Gasteiger partial charge on any atom is 0.325 e. The fourth-order valence-corrected chi connectivity index (χ4v) is 4.79. The fourth-order valence-electron chi connectivity index (χ4n) is 4.79. The lowest BCUT2D eigenvalue weighted by Crippen LogP contribution is -2.44. The van der Waals surface area contributed by atoms with E-state index < -0.39 is 17.5 Å². The van der Waals surface area contributed by atoms with E-state index in [9.17, 15) is 14.4 Å². The van der Waals surface area contributed by atoms with Crippen LogP contribution in [0.5, 0.6) is 0 Å². The number of nitrogens with one attached hydrogen (secondary N) is 2. The predicted octanol–water partition coefficient (Wildman–Crippen LogP) is 4.90. The van der Waals surface area contributed by atoms with Gasteiger partial charge in [0.05, 0.1) is 6.04 Å². The Morgan fingerprint density at radius 1 is 0.941 bits per heavy atom. The van der Waals surface area contributed by atoms with Gasteiger partial charge in [-0.2, -0.15) is 0 Å². The van der Waals surface area contributed by atoms with Gasteiger partial charge in [-0.15, -0.1) is 0 Å². The maximum absolute atomic E-state index is 13.4. The van der Waals surface area contributed by atoms with Gasteiger partial charge in [-0.3, -0.25) is 14.5 Å². The first kappa shape index (κ1) is 23.5. The van der Waals surface area contributed by atoms with Crippen molar-refractivity contribution in [3.8, 4) is 0 Å². The molecule has 1 saturated heterocycles. The first-order valence-corrected chi connectivity index (χ1v) is 11.8. The molecule has 0 aliphatic carbocycles. The van der Waals surface area contributed by atoms with Crippen LogP contribution in [0.25, 0.3) is 10.8 Å². The molecule has 2 unspecified atom stereocenters. The summed E-state index contributed by atoms with van der Waals surface area (Å²) in [6, 6.07) is 22.6. The van der Waals surface area contributed by atoms with E-state index >= 15 is 0 Å². The molecule has 0 aromatic heterocycles. The zero-order chi connectivity index (χ0) is 24.3. The van der Waals surface area contributed by atoms with Crippen molar-refractivity contribution in [1.82, 2.24) is 15.5 Å². The molecule has 0 radical (unpaired) electrons. The van der Waals surface area contributed by atoms with Crippen LogP contribution in [0.1, 0.15) is 50.8 Å². The summed E-state index contributed by atoms with van der Waals surface area (Å²) in [5.41, 5.74) is 0.477. The Balaban J connectivity index is 1.53. The Bertz CT molecular complexity index is 1210. The van der Waals surface area contributed by atoms with Gasteiger partial charge >= 0.3 is 6.03 Å². The van der Waals surface area contributed by atoms with Crippen LogP contribution in [0.2, 0.25) is 0 Å². The molecule has 0 bridgehead atoms. The topological polar surface area (TPSA) is 78.5 Å². The van der Waals surface area contributed by atoms with Gasteiger partial charge in [0, 0.05) is 0 Å². The van der Waals surface area contributed by atoms with Crippen LogP contribution in [0.15, 0.2) is 72.8 Å². The minimum Gasteiger partial charge on any atom is -0.347 e. The van der Waals surface area contributed by atoms with Crippen molar-refractivity contribution < 1.29 is 14.4 Å². The number of fused-ring (bicyclic) bond motifs is 1. The van der Waals surface area contributed by atoms with Gasteiger partial charge in [-0.05, 0) is 40.8 Å². The Labute approximate surface area is 200 Å². The van der Waals surface area contributed by atoms with Crippen LogP contribution >= 0.6 is 0 Å². The summed E-state index contributed by atoms with van der Waals surface area (Å²) < 4.78 is 0. The molecule has 34 heavy (non-hydrogen) atoms. The molecule has 176 valence electrons. The summed E-state index contributed by atoms with van der Waals surface area (Å²) >= 11 is 0. The second-order valence-electron chi connectivity index (χ2n) is 9.04. The minimum absolute atomic E-state index is 0.184. The SMILES string of the molecule is CCC(CC)C(NC(=O)CN1C(=O)NC(C)(c2ccc3ccccc3c2)C1=O)c1ccccc1. The summed E-state index contributed by atoms with van der Waals surface area (Å²) in [5.74, 6) is -0.536. The number of nitrogens with zero attached hydrogens (tertiary/aromatic N) is 1. The molecule has 1 aliphatic heterocycles. The highest BCUT2D eigenvalue weighted by molar-refractivity contribution is 6.09. The maximum atomic E-state index is 13.4. The number of imide groups is 1. The molecule has 4 amide bonds. The molecule has 3 aromatic carbocycles. The van der Waals surface area contributed by atoms with Crippen LogP contribution in [0.3, 0.4) is 0 Å². The average molecular weight is 458 g/mol. The van der Waals surface area contributed by atoms with E-state index in [1.54, 1.807) is 6.92 Å². The zero-order valence-electron chi connectivity index (χ0n) is 19.9. The highest BCUT2D eigenvalue weighted by atomic mass is 16.2. The molecular formula is C28H31N3O3. The molecule has 1 aliphatic rings. The quantitative estimate of drug-likeness (QED) is 0.472. The Kier molecular flexibility index (Phi) is 6.68. The molecule has 0 spiro atoms. The smallest absolute Gasteiger partial charge is 0.325 e. The zero-order valence-corrected chi connectivity index (χ0v) is 19.9. The summed E-state index contributed by atoms with van der Waals surface area (Å²) in [7, 11) is 0. The number of carbonyl (C=O) groups excluding carboxylic acids is 3. The van der Waals surface area contributed by atoms with E-state index in [0.717, 1.165) is 34.1 Å². The predicted molar refractivity (Wildman–Crippen MR) is 133 cm³/mol. The van der Waals surface area contributed by atoms with E-state index in [1.807, 2.05) is 72.8 Å². The van der Waals surface area contributed by atoms with Crippen molar-refractivity contribution in [2.24, 2.45) is 5.92 Å². The second-order valence-corrected chi connectivity index (χ2v) is 9.04. The largest absolute Gasteiger partial charge is 0.347 e. The normalized spacial score (nSPS) is 18.9. The molecule has 0 saturated carbocycles. The third-order valence-electron chi connectivity index (χ3n) is 6.90. The lowest BCUT2D eigenvalue weighted by molar-refractivity contribution is -0.135. The van der Waals surface area contributed by atoms with Gasteiger partial charge in [-0.25, -0.2) is 4.79 Å². The number of hydrogen-bond acceptors (Lipinski definition) is 3. The third kappa shape index (κ3) is 4.40. The first-order chi connectivity index (χ1) is 16.4. The number of urea groups is 1. The van der Waals surface area contributed by atoms with Crippen molar-refractivity contribution in [1.29, 1.82) is 0 Å². The van der Waals surface area contributed by atoms with Crippen molar-refractivity contribution in [2.45, 2.75) is 45.2 Å². The number of benzene rings is 3. The summed E-state index contributed by atoms with van der Waals surface area (Å²) in [4.78, 5) is 40.2. The van der Waals surface area contributed by atoms with E-state index in [0.29, 0.717) is 5.56 Å². The molecular weight excluding hydrogens is 426 g/mol. The van der Waals surface area contributed by atoms with Crippen LogP contribution in [0.4, 0.5) is 4.79 Å². The van der Waals surface area contributed by atoms with Crippen molar-refractivity contribution in [3.63, 3.8) is 0 Å². The van der Waals surface area contributed by atoms with Crippen LogP contribution in [-0.2, 0) is 15.1 Å². The van der Waals surface area contributed by atoms with Crippen LogP contribution in [0, 0.1) is 5.92 Å². The number of carbonyl (C=O) groups is 3. The third-order valence-corrected chi connectivity index (χ3v) is 6.90. The monoisotopic (exact) mass is 457 g/mol. The number of rotatable bonds is 8.